The maximum absolute atomic E-state index is 13.1. The van der Waals surface area contributed by atoms with Crippen molar-refractivity contribution in [3.05, 3.63) is 64.4 Å². The highest BCUT2D eigenvalue weighted by molar-refractivity contribution is 7.99. The molecule has 2 heterocycles. The van der Waals surface area contributed by atoms with Crippen LogP contribution in [0.2, 0.25) is 0 Å². The number of aromatic nitrogens is 3. The molecule has 4 rings (SSSR count). The van der Waals surface area contributed by atoms with Crippen LogP contribution < -0.4 is 19.9 Å². The second kappa shape index (κ2) is 8.31. The van der Waals surface area contributed by atoms with Gasteiger partial charge in [-0.05, 0) is 40.8 Å². The zero-order chi connectivity index (χ0) is 21.3. The Balaban J connectivity index is 2.06. The zero-order valence-electron chi connectivity index (χ0n) is 17.1. The molecule has 0 saturated carbocycles. The summed E-state index contributed by atoms with van der Waals surface area (Å²) in [6.45, 7) is 3.83. The number of aromatic amines is 1. The second-order valence-corrected chi connectivity index (χ2v) is 8.02. The molecule has 0 unspecified atom stereocenters. The third-order valence-electron chi connectivity index (χ3n) is 5.00. The summed E-state index contributed by atoms with van der Waals surface area (Å²) in [5, 5.41) is 5.25. The molecule has 0 fully saturated rings. The lowest BCUT2D eigenvalue weighted by atomic mass is 10.0. The highest BCUT2D eigenvalue weighted by atomic mass is 32.2. The summed E-state index contributed by atoms with van der Waals surface area (Å²) in [7, 11) is 1.60. The SMILES string of the molecule is CCSc1n[n+]2c(c(=O)[nH]1)-c1ccccc1N(C(=O)CC)[C@@H]2c1cccc(OC)c1. The van der Waals surface area contributed by atoms with Gasteiger partial charge in [-0.2, -0.15) is 0 Å². The highest BCUT2D eigenvalue weighted by Crippen LogP contribution is 2.38. The average Bonchev–Trinajstić information content (AvgIpc) is 2.77. The number of H-pyrrole nitrogens is 1. The fraction of sp³-hybridized carbons (Fsp3) is 0.273. The zero-order valence-corrected chi connectivity index (χ0v) is 17.9. The Morgan fingerprint density at radius 1 is 1.23 bits per heavy atom. The molecular weight excluding hydrogens is 400 g/mol. The van der Waals surface area contributed by atoms with Crippen LogP contribution >= 0.6 is 11.8 Å². The van der Waals surface area contributed by atoms with Crippen LogP contribution in [0.25, 0.3) is 11.3 Å². The van der Waals surface area contributed by atoms with Gasteiger partial charge in [0.05, 0.1) is 18.4 Å². The van der Waals surface area contributed by atoms with E-state index in [-0.39, 0.29) is 11.5 Å². The van der Waals surface area contributed by atoms with Gasteiger partial charge in [-0.3, -0.25) is 14.6 Å². The van der Waals surface area contributed by atoms with Crippen molar-refractivity contribution >= 4 is 23.4 Å². The molecule has 8 heteroatoms. The maximum Gasteiger partial charge on any atom is 0.325 e. The van der Waals surface area contributed by atoms with E-state index in [2.05, 4.69) is 4.98 Å². The van der Waals surface area contributed by atoms with Gasteiger partial charge in [0.2, 0.25) is 11.1 Å². The molecule has 7 nitrogen and oxygen atoms in total. The number of thioether (sulfide) groups is 1. The summed E-state index contributed by atoms with van der Waals surface area (Å²) in [5.74, 6) is 1.38. The number of hydrogen-bond acceptors (Lipinski definition) is 5. The lowest BCUT2D eigenvalue weighted by molar-refractivity contribution is -0.763. The van der Waals surface area contributed by atoms with E-state index in [1.54, 1.807) is 16.7 Å². The molecule has 1 aliphatic rings. The van der Waals surface area contributed by atoms with Crippen LogP contribution in [0.4, 0.5) is 5.69 Å². The first-order chi connectivity index (χ1) is 14.6. The average molecular weight is 424 g/mol. The molecule has 1 atom stereocenters. The summed E-state index contributed by atoms with van der Waals surface area (Å²) < 4.78 is 7.07. The van der Waals surface area contributed by atoms with E-state index in [1.165, 1.54) is 11.8 Å². The molecule has 0 spiro atoms. The minimum absolute atomic E-state index is 0.0554. The quantitative estimate of drug-likeness (QED) is 0.504. The first-order valence-corrected chi connectivity index (χ1v) is 10.8. The summed E-state index contributed by atoms with van der Waals surface area (Å²) >= 11 is 1.45. The Labute approximate surface area is 178 Å². The van der Waals surface area contributed by atoms with E-state index in [9.17, 15) is 9.59 Å². The number of benzene rings is 2. The van der Waals surface area contributed by atoms with Crippen molar-refractivity contribution in [2.24, 2.45) is 0 Å². The summed E-state index contributed by atoms with van der Waals surface area (Å²) in [5.41, 5.74) is 2.38. The highest BCUT2D eigenvalue weighted by Gasteiger charge is 2.45. The van der Waals surface area contributed by atoms with Gasteiger partial charge in [0.1, 0.15) is 5.75 Å². The van der Waals surface area contributed by atoms with E-state index in [1.807, 2.05) is 62.4 Å². The van der Waals surface area contributed by atoms with E-state index in [4.69, 9.17) is 9.84 Å². The van der Waals surface area contributed by atoms with Crippen LogP contribution in [-0.4, -0.2) is 28.9 Å². The number of ether oxygens (including phenoxy) is 1. The molecule has 1 aliphatic heterocycles. The summed E-state index contributed by atoms with van der Waals surface area (Å²) in [4.78, 5) is 30.8. The number of hydrogen-bond donors (Lipinski definition) is 1. The number of carbonyl (C=O) groups is 1. The third-order valence-corrected chi connectivity index (χ3v) is 5.75. The lowest BCUT2D eigenvalue weighted by Crippen LogP contribution is -2.60. The first kappa shape index (κ1) is 20.2. The van der Waals surface area contributed by atoms with Crippen molar-refractivity contribution < 1.29 is 14.2 Å². The topological polar surface area (TPSA) is 79.2 Å². The largest absolute Gasteiger partial charge is 0.497 e. The van der Waals surface area contributed by atoms with Gasteiger partial charge in [-0.1, -0.05) is 43.8 Å². The minimum Gasteiger partial charge on any atom is -0.497 e. The van der Waals surface area contributed by atoms with Gasteiger partial charge in [-0.15, -0.1) is 0 Å². The van der Waals surface area contributed by atoms with Crippen molar-refractivity contribution in [1.82, 2.24) is 10.1 Å². The molecule has 1 N–H and O–H groups in total. The van der Waals surface area contributed by atoms with Gasteiger partial charge >= 0.3 is 11.3 Å². The number of anilines is 1. The van der Waals surface area contributed by atoms with Crippen LogP contribution in [-0.2, 0) is 4.79 Å². The number of para-hydroxylation sites is 1. The number of methoxy groups -OCH3 is 1. The number of nitrogens with zero attached hydrogens (tertiary/aromatic N) is 3. The van der Waals surface area contributed by atoms with Crippen LogP contribution in [0.1, 0.15) is 32.0 Å². The molecule has 0 aliphatic carbocycles. The van der Waals surface area contributed by atoms with E-state index in [0.717, 1.165) is 11.3 Å². The number of amides is 1. The molecule has 1 amide bonds. The van der Waals surface area contributed by atoms with Crippen LogP contribution in [0.3, 0.4) is 0 Å². The van der Waals surface area contributed by atoms with Crippen LogP contribution in [0.5, 0.6) is 5.75 Å². The number of fused-ring (bicyclic) bond motifs is 3. The molecule has 2 aromatic carbocycles. The Kier molecular flexibility index (Phi) is 5.59. The molecule has 1 aromatic heterocycles. The van der Waals surface area contributed by atoms with Crippen molar-refractivity contribution in [1.29, 1.82) is 0 Å². The van der Waals surface area contributed by atoms with E-state index < -0.39 is 6.17 Å². The minimum atomic E-state index is -0.601. The van der Waals surface area contributed by atoms with Crippen LogP contribution in [0.15, 0.2) is 58.5 Å². The number of carbonyl (C=O) groups excluding carboxylic acids is 1. The van der Waals surface area contributed by atoms with Gasteiger partial charge in [0, 0.05) is 17.1 Å². The molecule has 0 bridgehead atoms. The number of nitrogens with one attached hydrogen (secondary N) is 1. The summed E-state index contributed by atoms with van der Waals surface area (Å²) in [6.07, 6.45) is -0.277. The normalized spacial score (nSPS) is 14.8. The Bertz CT molecular complexity index is 1160. The first-order valence-electron chi connectivity index (χ1n) is 9.83. The molecule has 154 valence electrons. The van der Waals surface area contributed by atoms with Crippen LogP contribution in [0, 0.1) is 0 Å². The van der Waals surface area contributed by atoms with Gasteiger partial charge in [0.15, 0.2) is 0 Å². The molecule has 0 saturated heterocycles. The van der Waals surface area contributed by atoms with Gasteiger partial charge in [0.25, 0.3) is 6.17 Å². The van der Waals surface area contributed by atoms with Crippen molar-refractivity contribution in [3.63, 3.8) is 0 Å². The Morgan fingerprint density at radius 3 is 2.77 bits per heavy atom. The molecule has 0 radical (unpaired) electrons. The predicted molar refractivity (Wildman–Crippen MR) is 116 cm³/mol. The van der Waals surface area contributed by atoms with Gasteiger partial charge < -0.3 is 4.74 Å². The Hall–Kier alpha value is -3.13. The third kappa shape index (κ3) is 3.37. The van der Waals surface area contributed by atoms with Crippen molar-refractivity contribution in [3.8, 4) is 17.0 Å². The van der Waals surface area contributed by atoms with E-state index in [0.29, 0.717) is 34.3 Å². The smallest absolute Gasteiger partial charge is 0.325 e. The second-order valence-electron chi connectivity index (χ2n) is 6.77. The molecular formula is C22H23N4O3S+. The predicted octanol–water partition coefficient (Wildman–Crippen LogP) is 3.15. The number of rotatable bonds is 5. The van der Waals surface area contributed by atoms with Crippen molar-refractivity contribution in [2.45, 2.75) is 31.6 Å². The van der Waals surface area contributed by atoms with Gasteiger partial charge in [-0.25, -0.2) is 4.90 Å². The molecule has 30 heavy (non-hydrogen) atoms. The maximum atomic E-state index is 13.1. The lowest BCUT2D eigenvalue weighted by Gasteiger charge is -2.32. The summed E-state index contributed by atoms with van der Waals surface area (Å²) in [6, 6.07) is 15.0. The Morgan fingerprint density at radius 2 is 2.03 bits per heavy atom. The fourth-order valence-electron chi connectivity index (χ4n) is 3.72. The fourth-order valence-corrected chi connectivity index (χ4v) is 4.30. The standard InChI is InChI=1S/C22H22N4O3S/c1-4-18(27)25-17-12-7-6-11-16(17)19-20(28)23-22(30-5-2)24-26(19)21(25)14-9-8-10-15(13-14)29-3/h6-13,21H,4-5H2,1-3H3/p+1/t21-/m0/s1. The molecule has 3 aromatic rings. The van der Waals surface area contributed by atoms with Crippen molar-refractivity contribution in [2.75, 3.05) is 17.8 Å². The van der Waals surface area contributed by atoms with E-state index >= 15 is 0 Å². The monoisotopic (exact) mass is 423 g/mol.